The van der Waals surface area contributed by atoms with E-state index < -0.39 is 0 Å². The van der Waals surface area contributed by atoms with Gasteiger partial charge in [0.2, 0.25) is 0 Å². The predicted molar refractivity (Wildman–Crippen MR) is 88.0 cm³/mol. The highest BCUT2D eigenvalue weighted by molar-refractivity contribution is 5.91. The van der Waals surface area contributed by atoms with Crippen LogP contribution in [0.5, 0.6) is 11.5 Å². The molecule has 1 aromatic carbocycles. The number of carbonyl (C=O) groups excluding carboxylic acids is 1. The maximum atomic E-state index is 11.8. The zero-order valence-electron chi connectivity index (χ0n) is 13.7. The van der Waals surface area contributed by atoms with Crippen molar-refractivity contribution in [1.29, 1.82) is 0 Å². The van der Waals surface area contributed by atoms with Crippen molar-refractivity contribution in [3.8, 4) is 11.5 Å². The molecule has 1 aromatic heterocycles. The van der Waals surface area contributed by atoms with E-state index in [0.29, 0.717) is 23.0 Å². The van der Waals surface area contributed by atoms with Gasteiger partial charge in [0.05, 0.1) is 7.11 Å². The average Bonchev–Trinajstić information content (AvgIpc) is 3.01. The zero-order valence-corrected chi connectivity index (χ0v) is 13.7. The number of hydrogen-bond donors (Lipinski definition) is 0. The summed E-state index contributed by atoms with van der Waals surface area (Å²) in [4.78, 5) is 13.3. The summed E-state index contributed by atoms with van der Waals surface area (Å²) in [6.07, 6.45) is 2.60. The Balaban J connectivity index is 2.06. The number of carbonyl (C=O) groups is 1. The van der Waals surface area contributed by atoms with Crippen LogP contribution in [0, 0.1) is 0 Å². The van der Waals surface area contributed by atoms with Gasteiger partial charge in [-0.15, -0.1) is 6.58 Å². The van der Waals surface area contributed by atoms with Gasteiger partial charge in [0.25, 0.3) is 5.91 Å². The molecule has 0 saturated carbocycles. The lowest BCUT2D eigenvalue weighted by Crippen LogP contribution is -2.20. The highest BCUT2D eigenvalue weighted by Gasteiger charge is 2.14. The van der Waals surface area contributed by atoms with Crippen molar-refractivity contribution in [2.24, 2.45) is 0 Å². The topological polar surface area (TPSA) is 51.9 Å². The molecule has 0 spiro atoms. The molecule has 1 amide bonds. The van der Waals surface area contributed by atoms with Gasteiger partial charge >= 0.3 is 0 Å². The molecule has 122 valence electrons. The molecular formula is C18H21NO4. The van der Waals surface area contributed by atoms with Crippen molar-refractivity contribution >= 4 is 5.91 Å². The lowest BCUT2D eigenvalue weighted by atomic mass is 10.1. The fraction of sp³-hybridized carbons (Fsp3) is 0.278. The summed E-state index contributed by atoms with van der Waals surface area (Å²) in [5.41, 5.74) is 1.10. The molecular weight excluding hydrogens is 294 g/mol. The minimum atomic E-state index is -0.178. The molecule has 0 N–H and O–H groups in total. The maximum absolute atomic E-state index is 11.8. The van der Waals surface area contributed by atoms with Crippen LogP contribution in [0.3, 0.4) is 0 Å². The second-order valence-corrected chi connectivity index (χ2v) is 5.23. The van der Waals surface area contributed by atoms with Gasteiger partial charge in [-0.3, -0.25) is 4.79 Å². The van der Waals surface area contributed by atoms with Gasteiger partial charge in [-0.05, 0) is 36.2 Å². The molecule has 5 heteroatoms. The molecule has 23 heavy (non-hydrogen) atoms. The summed E-state index contributed by atoms with van der Waals surface area (Å²) in [7, 11) is 4.95. The van der Waals surface area contributed by atoms with Crippen molar-refractivity contribution < 1.29 is 18.7 Å². The Morgan fingerprint density at radius 3 is 2.70 bits per heavy atom. The zero-order chi connectivity index (χ0) is 16.8. The summed E-state index contributed by atoms with van der Waals surface area (Å²) < 4.78 is 16.6. The molecule has 2 rings (SSSR count). The summed E-state index contributed by atoms with van der Waals surface area (Å²) in [5, 5.41) is 0. The molecule has 1 heterocycles. The van der Waals surface area contributed by atoms with E-state index in [1.165, 1.54) is 4.90 Å². The molecule has 2 aromatic rings. The SMILES string of the molecule is C=CCc1ccc(OCc2ccc(C(=O)N(C)C)o2)c(OC)c1. The molecule has 0 aliphatic rings. The number of rotatable bonds is 7. The number of amides is 1. The number of ether oxygens (including phenoxy) is 2. The van der Waals surface area contributed by atoms with Gasteiger partial charge in [0.15, 0.2) is 17.3 Å². The monoisotopic (exact) mass is 315 g/mol. The number of methoxy groups -OCH3 is 1. The summed E-state index contributed by atoms with van der Waals surface area (Å²) in [5.74, 6) is 1.97. The minimum Gasteiger partial charge on any atom is -0.493 e. The summed E-state index contributed by atoms with van der Waals surface area (Å²) >= 11 is 0. The van der Waals surface area contributed by atoms with E-state index in [1.807, 2.05) is 24.3 Å². The van der Waals surface area contributed by atoms with E-state index in [2.05, 4.69) is 6.58 Å². The Labute approximate surface area is 136 Å². The van der Waals surface area contributed by atoms with Crippen molar-refractivity contribution in [3.63, 3.8) is 0 Å². The molecule has 0 aliphatic carbocycles. The van der Waals surface area contributed by atoms with Crippen molar-refractivity contribution in [2.75, 3.05) is 21.2 Å². The Kier molecular flexibility index (Phi) is 5.46. The van der Waals surface area contributed by atoms with Crippen molar-refractivity contribution in [2.45, 2.75) is 13.0 Å². The lowest BCUT2D eigenvalue weighted by molar-refractivity contribution is 0.0792. The van der Waals surface area contributed by atoms with Crippen molar-refractivity contribution in [1.82, 2.24) is 4.90 Å². The number of allylic oxidation sites excluding steroid dienone is 1. The first-order chi connectivity index (χ1) is 11.0. The minimum absolute atomic E-state index is 0.178. The first kappa shape index (κ1) is 16.7. The van der Waals surface area contributed by atoms with Crippen LogP contribution in [-0.2, 0) is 13.0 Å². The van der Waals surface area contributed by atoms with Gasteiger partial charge in [-0.25, -0.2) is 0 Å². The van der Waals surface area contributed by atoms with E-state index in [0.717, 1.165) is 12.0 Å². The molecule has 0 atom stereocenters. The second kappa shape index (κ2) is 7.54. The quantitative estimate of drug-likeness (QED) is 0.736. The first-order valence-electron chi connectivity index (χ1n) is 7.26. The van der Waals surface area contributed by atoms with Gasteiger partial charge in [-0.1, -0.05) is 12.1 Å². The van der Waals surface area contributed by atoms with Crippen LogP contribution >= 0.6 is 0 Å². The van der Waals surface area contributed by atoms with E-state index in [4.69, 9.17) is 13.9 Å². The molecule has 5 nitrogen and oxygen atoms in total. The van der Waals surface area contributed by atoms with Crippen LogP contribution in [0.4, 0.5) is 0 Å². The standard InChI is InChI=1S/C18H21NO4/c1-5-6-13-7-9-15(17(11-13)21-4)22-12-14-8-10-16(23-14)18(20)19(2)3/h5,7-11H,1,6,12H2,2-4H3. The fourth-order valence-corrected chi connectivity index (χ4v) is 2.06. The maximum Gasteiger partial charge on any atom is 0.289 e. The van der Waals surface area contributed by atoms with Crippen LogP contribution in [-0.4, -0.2) is 32.0 Å². The van der Waals surface area contributed by atoms with Crippen LogP contribution < -0.4 is 9.47 Å². The third-order valence-corrected chi connectivity index (χ3v) is 3.26. The Morgan fingerprint density at radius 1 is 1.26 bits per heavy atom. The largest absolute Gasteiger partial charge is 0.493 e. The smallest absolute Gasteiger partial charge is 0.289 e. The fourth-order valence-electron chi connectivity index (χ4n) is 2.06. The van der Waals surface area contributed by atoms with Crippen LogP contribution in [0.2, 0.25) is 0 Å². The van der Waals surface area contributed by atoms with Gasteiger partial charge in [0.1, 0.15) is 12.4 Å². The predicted octanol–water partition coefficient (Wildman–Crippen LogP) is 3.30. The molecule has 0 saturated heterocycles. The highest BCUT2D eigenvalue weighted by atomic mass is 16.5. The Bertz CT molecular complexity index is 688. The number of nitrogens with zero attached hydrogens (tertiary/aromatic N) is 1. The van der Waals surface area contributed by atoms with E-state index in [9.17, 15) is 4.79 Å². The number of benzene rings is 1. The van der Waals surface area contributed by atoms with Gasteiger partial charge < -0.3 is 18.8 Å². The van der Waals surface area contributed by atoms with Crippen LogP contribution in [0.25, 0.3) is 0 Å². The molecule has 0 fully saturated rings. The van der Waals surface area contributed by atoms with Gasteiger partial charge in [0, 0.05) is 14.1 Å². The third kappa shape index (κ3) is 4.16. The highest BCUT2D eigenvalue weighted by Crippen LogP contribution is 2.29. The molecule has 0 radical (unpaired) electrons. The summed E-state index contributed by atoms with van der Waals surface area (Å²) in [6, 6.07) is 9.11. The molecule has 0 bridgehead atoms. The Hall–Kier alpha value is -2.69. The van der Waals surface area contributed by atoms with E-state index in [-0.39, 0.29) is 12.5 Å². The summed E-state index contributed by atoms with van der Waals surface area (Å²) in [6.45, 7) is 3.94. The second-order valence-electron chi connectivity index (χ2n) is 5.23. The average molecular weight is 315 g/mol. The number of furan rings is 1. The Morgan fingerprint density at radius 2 is 2.04 bits per heavy atom. The number of hydrogen-bond acceptors (Lipinski definition) is 4. The van der Waals surface area contributed by atoms with E-state index >= 15 is 0 Å². The molecule has 0 aliphatic heterocycles. The van der Waals surface area contributed by atoms with Crippen LogP contribution in [0.1, 0.15) is 21.9 Å². The third-order valence-electron chi connectivity index (χ3n) is 3.26. The lowest BCUT2D eigenvalue weighted by Gasteiger charge is -2.11. The van der Waals surface area contributed by atoms with E-state index in [1.54, 1.807) is 33.3 Å². The van der Waals surface area contributed by atoms with Crippen LogP contribution in [0.15, 0.2) is 47.4 Å². The van der Waals surface area contributed by atoms with Gasteiger partial charge in [-0.2, -0.15) is 0 Å². The van der Waals surface area contributed by atoms with Crippen molar-refractivity contribution in [3.05, 3.63) is 60.1 Å². The molecule has 0 unspecified atom stereocenters. The normalized spacial score (nSPS) is 10.2. The first-order valence-corrected chi connectivity index (χ1v) is 7.26.